The fourth-order valence-corrected chi connectivity index (χ4v) is 0.914. The first-order valence-corrected chi connectivity index (χ1v) is 3.60. The van der Waals surface area contributed by atoms with Gasteiger partial charge in [0, 0.05) is 17.8 Å². The molecule has 0 unspecified atom stereocenters. The summed E-state index contributed by atoms with van der Waals surface area (Å²) in [7, 11) is 0. The predicted octanol–water partition coefficient (Wildman–Crippen LogP) is 2.10. The molecule has 76 valence electrons. The predicted molar refractivity (Wildman–Crippen MR) is 41.0 cm³/mol. The van der Waals surface area contributed by atoms with Crippen LogP contribution in [0.25, 0.3) is 0 Å². The van der Waals surface area contributed by atoms with Crippen molar-refractivity contribution in [2.24, 2.45) is 0 Å². The zero-order chi connectivity index (χ0) is 10.8. The molecule has 0 radical (unpaired) electrons. The Morgan fingerprint density at radius 3 is 2.57 bits per heavy atom. The van der Waals surface area contributed by atoms with Gasteiger partial charge >= 0.3 is 6.36 Å². The van der Waals surface area contributed by atoms with Crippen LogP contribution in [-0.2, 0) is 0 Å². The lowest BCUT2D eigenvalue weighted by Gasteiger charge is -2.09. The van der Waals surface area contributed by atoms with Crippen molar-refractivity contribution in [1.29, 1.82) is 0 Å². The molecule has 1 heterocycles. The van der Waals surface area contributed by atoms with Gasteiger partial charge in [-0.15, -0.1) is 13.2 Å². The van der Waals surface area contributed by atoms with Gasteiger partial charge < -0.3 is 4.74 Å². The van der Waals surface area contributed by atoms with Gasteiger partial charge in [-0.1, -0.05) is 0 Å². The molecular weight excluding hydrogens is 199 g/mol. The third-order valence-corrected chi connectivity index (χ3v) is 1.30. The minimum absolute atomic E-state index is 0.0933. The van der Waals surface area contributed by atoms with Gasteiger partial charge in [-0.05, 0) is 6.92 Å². The molecule has 0 bridgehead atoms. The third-order valence-electron chi connectivity index (χ3n) is 1.30. The fourth-order valence-electron chi connectivity index (χ4n) is 0.914. The van der Waals surface area contributed by atoms with E-state index in [0.717, 1.165) is 12.1 Å². The van der Waals surface area contributed by atoms with Crippen LogP contribution in [0.1, 0.15) is 16.2 Å². The van der Waals surface area contributed by atoms with Crippen LogP contribution in [0.15, 0.2) is 12.1 Å². The highest BCUT2D eigenvalue weighted by Gasteiger charge is 2.31. The van der Waals surface area contributed by atoms with E-state index in [1.165, 1.54) is 6.92 Å². The van der Waals surface area contributed by atoms with Crippen molar-refractivity contribution in [3.05, 3.63) is 23.5 Å². The zero-order valence-electron chi connectivity index (χ0n) is 7.13. The van der Waals surface area contributed by atoms with E-state index in [4.69, 9.17) is 0 Å². The molecule has 0 atom stereocenters. The van der Waals surface area contributed by atoms with E-state index in [0.29, 0.717) is 6.29 Å². The van der Waals surface area contributed by atoms with Gasteiger partial charge in [0.05, 0.1) is 0 Å². The number of pyridine rings is 1. The van der Waals surface area contributed by atoms with Gasteiger partial charge in [-0.25, -0.2) is 0 Å². The van der Waals surface area contributed by atoms with Crippen molar-refractivity contribution in [2.45, 2.75) is 13.3 Å². The Morgan fingerprint density at radius 1 is 1.43 bits per heavy atom. The molecule has 0 aliphatic rings. The molecule has 0 aliphatic carbocycles. The molecule has 3 nitrogen and oxygen atoms in total. The molecule has 0 aromatic carbocycles. The van der Waals surface area contributed by atoms with Gasteiger partial charge in [0.2, 0.25) is 0 Å². The lowest BCUT2D eigenvalue weighted by Crippen LogP contribution is -2.17. The van der Waals surface area contributed by atoms with Crippen molar-refractivity contribution in [2.75, 3.05) is 0 Å². The van der Waals surface area contributed by atoms with E-state index < -0.39 is 12.1 Å². The molecule has 0 aliphatic heterocycles. The van der Waals surface area contributed by atoms with Crippen molar-refractivity contribution in [1.82, 2.24) is 4.98 Å². The van der Waals surface area contributed by atoms with Crippen LogP contribution in [0.5, 0.6) is 5.75 Å². The number of alkyl halides is 3. The van der Waals surface area contributed by atoms with E-state index in [1.54, 1.807) is 0 Å². The minimum Gasteiger partial charge on any atom is -0.406 e. The van der Waals surface area contributed by atoms with E-state index in [9.17, 15) is 18.0 Å². The van der Waals surface area contributed by atoms with Crippen LogP contribution >= 0.6 is 0 Å². The summed E-state index contributed by atoms with van der Waals surface area (Å²) in [6.45, 7) is 1.47. The highest BCUT2D eigenvalue weighted by molar-refractivity contribution is 5.72. The average molecular weight is 205 g/mol. The van der Waals surface area contributed by atoms with Gasteiger partial charge in [-0.2, -0.15) is 0 Å². The second kappa shape index (κ2) is 3.65. The quantitative estimate of drug-likeness (QED) is 0.694. The summed E-state index contributed by atoms with van der Waals surface area (Å²) in [5, 5.41) is 0. The van der Waals surface area contributed by atoms with Crippen LogP contribution in [0.3, 0.4) is 0 Å². The maximum absolute atomic E-state index is 11.8. The Balaban J connectivity index is 2.98. The summed E-state index contributed by atoms with van der Waals surface area (Å²) in [5.74, 6) is -0.438. The number of ether oxygens (including phenoxy) is 1. The number of aryl methyl sites for hydroxylation is 1. The Kier molecular flexibility index (Phi) is 2.73. The number of nitrogens with zero attached hydrogens (tertiary/aromatic N) is 1. The van der Waals surface area contributed by atoms with Gasteiger partial charge in [0.15, 0.2) is 6.29 Å². The summed E-state index contributed by atoms with van der Waals surface area (Å²) >= 11 is 0. The lowest BCUT2D eigenvalue weighted by atomic mass is 10.3. The number of aldehydes is 1. The lowest BCUT2D eigenvalue weighted by molar-refractivity contribution is -0.274. The maximum atomic E-state index is 11.8. The van der Waals surface area contributed by atoms with Crippen LogP contribution in [0, 0.1) is 6.92 Å². The number of hydrogen-bond donors (Lipinski definition) is 0. The highest BCUT2D eigenvalue weighted by atomic mass is 19.4. The molecule has 0 fully saturated rings. The molecule has 0 saturated heterocycles. The second-order valence-corrected chi connectivity index (χ2v) is 2.53. The molecule has 0 amide bonds. The van der Waals surface area contributed by atoms with Gasteiger partial charge in [0.25, 0.3) is 0 Å². The van der Waals surface area contributed by atoms with Crippen molar-refractivity contribution in [3.63, 3.8) is 0 Å². The first-order valence-electron chi connectivity index (χ1n) is 3.60. The van der Waals surface area contributed by atoms with Crippen molar-refractivity contribution >= 4 is 6.29 Å². The van der Waals surface area contributed by atoms with Crippen molar-refractivity contribution < 1.29 is 22.7 Å². The first-order chi connectivity index (χ1) is 6.40. The summed E-state index contributed by atoms with van der Waals surface area (Å²) in [4.78, 5) is 13.9. The van der Waals surface area contributed by atoms with Gasteiger partial charge in [-0.3, -0.25) is 9.78 Å². The fraction of sp³-hybridized carbons (Fsp3) is 0.250. The number of hydrogen-bond acceptors (Lipinski definition) is 3. The Hall–Kier alpha value is -1.59. The number of halogens is 3. The first kappa shape index (κ1) is 10.5. The topological polar surface area (TPSA) is 39.2 Å². The van der Waals surface area contributed by atoms with E-state index in [1.807, 2.05) is 0 Å². The Labute approximate surface area is 77.5 Å². The molecule has 6 heteroatoms. The number of aromatic nitrogens is 1. The smallest absolute Gasteiger partial charge is 0.406 e. The van der Waals surface area contributed by atoms with Crippen LogP contribution in [0.4, 0.5) is 13.2 Å². The molecule has 1 aromatic heterocycles. The molecule has 0 saturated carbocycles. The summed E-state index contributed by atoms with van der Waals surface area (Å²) in [5.41, 5.74) is 0.193. The Bertz CT molecular complexity index is 349. The number of carbonyl (C=O) groups excluding carboxylic acids is 1. The number of carbonyl (C=O) groups is 1. The van der Waals surface area contributed by atoms with Crippen LogP contribution in [0.2, 0.25) is 0 Å². The normalized spacial score (nSPS) is 11.1. The van der Waals surface area contributed by atoms with E-state index >= 15 is 0 Å². The summed E-state index contributed by atoms with van der Waals surface area (Å²) in [6.07, 6.45) is -4.40. The average Bonchev–Trinajstić information content (AvgIpc) is 1.99. The maximum Gasteiger partial charge on any atom is 0.573 e. The third kappa shape index (κ3) is 3.04. The molecular formula is C8H6F3NO2. The second-order valence-electron chi connectivity index (χ2n) is 2.53. The molecule has 1 aromatic rings. The highest BCUT2D eigenvalue weighted by Crippen LogP contribution is 2.23. The van der Waals surface area contributed by atoms with E-state index in [-0.39, 0.29) is 11.4 Å². The van der Waals surface area contributed by atoms with E-state index in [2.05, 4.69) is 9.72 Å². The van der Waals surface area contributed by atoms with Crippen LogP contribution in [-0.4, -0.2) is 17.6 Å². The molecule has 0 N–H and O–H groups in total. The summed E-state index contributed by atoms with van der Waals surface area (Å²) in [6, 6.07) is 2.02. The SMILES string of the molecule is Cc1cc(OC(F)(F)F)cc(C=O)n1. The monoisotopic (exact) mass is 205 g/mol. The standard InChI is InChI=1S/C8H6F3NO2/c1-5-2-7(14-8(9,10)11)3-6(4-13)12-5/h2-4H,1H3. The summed E-state index contributed by atoms with van der Waals surface area (Å²) < 4.78 is 39.0. The molecule has 1 rings (SSSR count). The Morgan fingerprint density at radius 2 is 2.07 bits per heavy atom. The largest absolute Gasteiger partial charge is 0.573 e. The van der Waals surface area contributed by atoms with Crippen molar-refractivity contribution in [3.8, 4) is 5.75 Å². The number of rotatable bonds is 2. The molecule has 0 spiro atoms. The van der Waals surface area contributed by atoms with Gasteiger partial charge in [0.1, 0.15) is 11.4 Å². The molecule has 14 heavy (non-hydrogen) atoms. The zero-order valence-corrected chi connectivity index (χ0v) is 7.13. The minimum atomic E-state index is -4.76. The van der Waals surface area contributed by atoms with Crippen LogP contribution < -0.4 is 4.74 Å².